The summed E-state index contributed by atoms with van der Waals surface area (Å²) in [6, 6.07) is 20.2. The fourth-order valence-corrected chi connectivity index (χ4v) is 4.35. The van der Waals surface area contributed by atoms with E-state index in [0.717, 1.165) is 37.1 Å². The third-order valence-corrected chi connectivity index (χ3v) is 6.25. The molecule has 7 heteroatoms. The summed E-state index contributed by atoms with van der Waals surface area (Å²) in [6.45, 7) is 2.21. The predicted molar refractivity (Wildman–Crippen MR) is 131 cm³/mol. The molecule has 1 fully saturated rings. The van der Waals surface area contributed by atoms with Crippen molar-refractivity contribution in [3.63, 3.8) is 0 Å². The lowest BCUT2D eigenvalue weighted by atomic mass is 9.89. The van der Waals surface area contributed by atoms with Crippen molar-refractivity contribution >= 4 is 33.5 Å². The number of benzene rings is 3. The first kappa shape index (κ1) is 23.0. The van der Waals surface area contributed by atoms with Crippen molar-refractivity contribution < 1.29 is 19.4 Å². The zero-order valence-corrected chi connectivity index (χ0v) is 19.6. The Hall–Kier alpha value is -3.16. The van der Waals surface area contributed by atoms with Crippen LogP contribution in [0.1, 0.15) is 50.6 Å². The van der Waals surface area contributed by atoms with Gasteiger partial charge in [0.15, 0.2) is 0 Å². The molecule has 1 aliphatic rings. The largest absolute Gasteiger partial charge is 0.488 e. The zero-order chi connectivity index (χ0) is 23.2. The van der Waals surface area contributed by atoms with Gasteiger partial charge in [-0.25, -0.2) is 4.79 Å². The van der Waals surface area contributed by atoms with Crippen molar-refractivity contribution in [2.75, 3.05) is 18.4 Å². The number of rotatable bonds is 7. The van der Waals surface area contributed by atoms with E-state index in [-0.39, 0.29) is 11.3 Å². The number of carboxylic acid groups (broad SMARTS) is 1. The van der Waals surface area contributed by atoms with Gasteiger partial charge < -0.3 is 20.5 Å². The van der Waals surface area contributed by atoms with Crippen LogP contribution in [-0.4, -0.2) is 30.1 Å². The minimum Gasteiger partial charge on any atom is -0.488 e. The average molecular weight is 509 g/mol. The number of nitrogens with one attached hydrogen (secondary N) is 2. The van der Waals surface area contributed by atoms with Gasteiger partial charge in [0, 0.05) is 4.47 Å². The molecule has 0 atom stereocenters. The monoisotopic (exact) mass is 508 g/mol. The number of piperidine rings is 1. The van der Waals surface area contributed by atoms with E-state index in [9.17, 15) is 14.7 Å². The van der Waals surface area contributed by atoms with Crippen molar-refractivity contribution in [2.45, 2.75) is 25.4 Å². The molecule has 1 heterocycles. The molecular weight excluding hydrogens is 484 g/mol. The van der Waals surface area contributed by atoms with Gasteiger partial charge in [-0.1, -0.05) is 52.3 Å². The molecule has 0 radical (unpaired) electrons. The maximum Gasteiger partial charge on any atom is 0.337 e. The Morgan fingerprint density at radius 3 is 2.48 bits per heavy atom. The minimum absolute atomic E-state index is 0.0211. The second-order valence-electron chi connectivity index (χ2n) is 8.00. The molecule has 4 rings (SSSR count). The number of amides is 1. The van der Waals surface area contributed by atoms with Crippen LogP contribution in [0.3, 0.4) is 0 Å². The Labute approximate surface area is 201 Å². The lowest BCUT2D eigenvalue weighted by Crippen LogP contribution is -2.26. The number of ether oxygens (including phenoxy) is 1. The van der Waals surface area contributed by atoms with Gasteiger partial charge in [0.2, 0.25) is 0 Å². The molecule has 3 aromatic carbocycles. The summed E-state index contributed by atoms with van der Waals surface area (Å²) < 4.78 is 6.70. The fraction of sp³-hybridized carbons (Fsp3) is 0.231. The quantitative estimate of drug-likeness (QED) is 0.395. The summed E-state index contributed by atoms with van der Waals surface area (Å²) in [6.07, 6.45) is 2.00. The predicted octanol–water partition coefficient (Wildman–Crippen LogP) is 5.45. The molecule has 0 aliphatic carbocycles. The Morgan fingerprint density at radius 1 is 1.00 bits per heavy atom. The molecule has 6 nitrogen and oxygen atoms in total. The molecule has 1 amide bonds. The number of hydrogen-bond acceptors (Lipinski definition) is 4. The number of hydrogen-bond donors (Lipinski definition) is 3. The Balaban J connectivity index is 1.65. The van der Waals surface area contributed by atoms with Crippen LogP contribution in [0.4, 0.5) is 5.69 Å². The second kappa shape index (κ2) is 10.6. The van der Waals surface area contributed by atoms with Crippen molar-refractivity contribution in [2.24, 2.45) is 0 Å². The highest BCUT2D eigenvalue weighted by atomic mass is 79.9. The third-order valence-electron chi connectivity index (χ3n) is 5.76. The first-order valence-electron chi connectivity index (χ1n) is 10.9. The van der Waals surface area contributed by atoms with Crippen LogP contribution >= 0.6 is 15.9 Å². The summed E-state index contributed by atoms with van der Waals surface area (Å²) in [4.78, 5) is 25.0. The maximum atomic E-state index is 13.4. The van der Waals surface area contributed by atoms with Crippen molar-refractivity contribution in [3.8, 4) is 5.75 Å². The molecule has 0 spiro atoms. The molecular formula is C26H25BrN2O4. The lowest BCUT2D eigenvalue weighted by Gasteiger charge is -2.24. The molecule has 33 heavy (non-hydrogen) atoms. The molecule has 170 valence electrons. The number of anilines is 1. The molecule has 0 unspecified atom stereocenters. The Bertz CT molecular complexity index is 1140. The molecule has 0 aromatic heterocycles. The number of halogens is 1. The van der Waals surface area contributed by atoms with E-state index in [2.05, 4.69) is 26.6 Å². The van der Waals surface area contributed by atoms with E-state index in [1.54, 1.807) is 12.1 Å². The van der Waals surface area contributed by atoms with Crippen LogP contribution < -0.4 is 15.4 Å². The van der Waals surface area contributed by atoms with E-state index in [1.165, 1.54) is 6.07 Å². The van der Waals surface area contributed by atoms with Gasteiger partial charge in [-0.15, -0.1) is 0 Å². The van der Waals surface area contributed by atoms with Crippen LogP contribution in [0.25, 0.3) is 0 Å². The third kappa shape index (κ3) is 5.80. The standard InChI is InChI=1S/C26H25BrN2O4/c27-20-7-8-21(26(31)32)23(15-20)29-25(30)22-14-19(18-10-12-28-13-11-18)6-9-24(22)33-16-17-4-2-1-3-5-17/h1-9,14-15,18,28H,10-13,16H2,(H,29,30)(H,31,32). The van der Waals surface area contributed by atoms with Crippen LogP contribution in [0.5, 0.6) is 5.75 Å². The lowest BCUT2D eigenvalue weighted by molar-refractivity contribution is 0.0698. The average Bonchev–Trinajstić information content (AvgIpc) is 2.83. The van der Waals surface area contributed by atoms with Gasteiger partial charge in [0.05, 0.1) is 16.8 Å². The van der Waals surface area contributed by atoms with Gasteiger partial charge in [0.25, 0.3) is 5.91 Å². The highest BCUT2D eigenvalue weighted by Crippen LogP contribution is 2.31. The summed E-state index contributed by atoms with van der Waals surface area (Å²) in [5, 5.41) is 15.7. The minimum atomic E-state index is -1.11. The molecule has 3 N–H and O–H groups in total. The van der Waals surface area contributed by atoms with E-state index < -0.39 is 11.9 Å². The van der Waals surface area contributed by atoms with Crippen LogP contribution in [0.2, 0.25) is 0 Å². The molecule has 0 saturated carbocycles. The SMILES string of the molecule is O=C(O)c1ccc(Br)cc1NC(=O)c1cc(C2CCNCC2)ccc1OCc1ccccc1. The number of aromatic carboxylic acids is 1. The van der Waals surface area contributed by atoms with E-state index in [4.69, 9.17) is 4.74 Å². The second-order valence-corrected chi connectivity index (χ2v) is 8.92. The number of carbonyl (C=O) groups excluding carboxylic acids is 1. The molecule has 1 aliphatic heterocycles. The molecule has 1 saturated heterocycles. The van der Waals surface area contributed by atoms with Crippen LogP contribution in [0, 0.1) is 0 Å². The van der Waals surface area contributed by atoms with Crippen molar-refractivity contribution in [1.82, 2.24) is 5.32 Å². The maximum absolute atomic E-state index is 13.4. The highest BCUT2D eigenvalue weighted by Gasteiger charge is 2.21. The van der Waals surface area contributed by atoms with Crippen molar-refractivity contribution in [3.05, 3.63) is 93.5 Å². The smallest absolute Gasteiger partial charge is 0.337 e. The fourth-order valence-electron chi connectivity index (χ4n) is 3.99. The van der Waals surface area contributed by atoms with Crippen LogP contribution in [0.15, 0.2) is 71.2 Å². The normalized spacial score (nSPS) is 14.0. The molecule has 3 aromatic rings. The van der Waals surface area contributed by atoms with Crippen molar-refractivity contribution in [1.29, 1.82) is 0 Å². The zero-order valence-electron chi connectivity index (χ0n) is 18.0. The first-order valence-corrected chi connectivity index (χ1v) is 11.7. The Kier molecular flexibility index (Phi) is 7.42. The van der Waals surface area contributed by atoms with E-state index in [1.807, 2.05) is 48.5 Å². The van der Waals surface area contributed by atoms with Gasteiger partial charge in [-0.3, -0.25) is 4.79 Å². The highest BCUT2D eigenvalue weighted by molar-refractivity contribution is 9.10. The van der Waals surface area contributed by atoms with Crippen LogP contribution in [-0.2, 0) is 6.61 Å². The number of carbonyl (C=O) groups is 2. The summed E-state index contributed by atoms with van der Waals surface area (Å²) in [5.41, 5.74) is 2.71. The summed E-state index contributed by atoms with van der Waals surface area (Å²) in [5.74, 6) is -0.696. The first-order chi connectivity index (χ1) is 16.0. The summed E-state index contributed by atoms with van der Waals surface area (Å²) >= 11 is 3.35. The number of carboxylic acids is 1. The van der Waals surface area contributed by atoms with Gasteiger partial charge in [-0.05, 0) is 73.3 Å². The van der Waals surface area contributed by atoms with Gasteiger partial charge in [-0.2, -0.15) is 0 Å². The Morgan fingerprint density at radius 2 is 1.76 bits per heavy atom. The van der Waals surface area contributed by atoms with E-state index in [0.29, 0.717) is 28.3 Å². The van der Waals surface area contributed by atoms with E-state index >= 15 is 0 Å². The van der Waals surface area contributed by atoms with Gasteiger partial charge in [0.1, 0.15) is 12.4 Å². The molecule has 0 bridgehead atoms. The van der Waals surface area contributed by atoms with Gasteiger partial charge >= 0.3 is 5.97 Å². The topological polar surface area (TPSA) is 87.7 Å². The summed E-state index contributed by atoms with van der Waals surface area (Å²) in [7, 11) is 0.